The smallest absolute Gasteiger partial charge is 0.228 e. The lowest BCUT2D eigenvalue weighted by Crippen LogP contribution is -2.40. The van der Waals surface area contributed by atoms with Gasteiger partial charge in [-0.15, -0.1) is 0 Å². The number of amides is 1. The molecule has 0 spiro atoms. The van der Waals surface area contributed by atoms with Gasteiger partial charge in [0.1, 0.15) is 11.5 Å². The fourth-order valence-electron chi connectivity index (χ4n) is 3.72. The highest BCUT2D eigenvalue weighted by molar-refractivity contribution is 5.93. The number of rotatable bonds is 6. The van der Waals surface area contributed by atoms with Gasteiger partial charge in [0, 0.05) is 31.0 Å². The summed E-state index contributed by atoms with van der Waals surface area (Å²) in [5, 5.41) is 7.32. The van der Waals surface area contributed by atoms with Gasteiger partial charge in [-0.2, -0.15) is 5.10 Å². The topological polar surface area (TPSA) is 63.3 Å². The first kappa shape index (κ1) is 18.5. The van der Waals surface area contributed by atoms with Crippen molar-refractivity contribution < 1.29 is 9.21 Å². The molecule has 4 rings (SSSR count). The number of nitrogens with one attached hydrogen (secondary N) is 1. The number of aryl methyl sites for hydroxylation is 1. The lowest BCUT2D eigenvalue weighted by atomic mass is 9.97. The van der Waals surface area contributed by atoms with Crippen LogP contribution in [0.4, 0.5) is 5.69 Å². The van der Waals surface area contributed by atoms with Crippen LogP contribution in [0.1, 0.15) is 31.3 Å². The Bertz CT molecular complexity index is 916. The van der Waals surface area contributed by atoms with Crippen molar-refractivity contribution >= 4 is 11.6 Å². The summed E-state index contributed by atoms with van der Waals surface area (Å²) in [4.78, 5) is 15.1. The van der Waals surface area contributed by atoms with E-state index in [1.54, 1.807) is 10.9 Å². The number of likely N-dealkylation sites (tertiary alicyclic amines) is 1. The minimum atomic E-state index is -0.0114. The average Bonchev–Trinajstić information content (AvgIpc) is 3.40. The number of carbonyl (C=O) groups is 1. The van der Waals surface area contributed by atoms with Gasteiger partial charge in [-0.25, -0.2) is 4.68 Å². The summed E-state index contributed by atoms with van der Waals surface area (Å²) in [5.41, 5.74) is 1.73. The Balaban J connectivity index is 1.37. The number of carbonyl (C=O) groups excluding carboxylic acids is 1. The first-order chi connectivity index (χ1) is 13.7. The predicted molar refractivity (Wildman–Crippen MR) is 108 cm³/mol. The van der Waals surface area contributed by atoms with E-state index in [2.05, 4.69) is 22.2 Å². The molecule has 0 saturated carbocycles. The molecule has 1 N–H and O–H groups in total. The minimum absolute atomic E-state index is 0.0114. The molecule has 1 fully saturated rings. The van der Waals surface area contributed by atoms with Gasteiger partial charge in [0.15, 0.2) is 0 Å². The molecular weight excluding hydrogens is 352 g/mol. The van der Waals surface area contributed by atoms with Gasteiger partial charge in [-0.3, -0.25) is 9.69 Å². The van der Waals surface area contributed by atoms with Crippen LogP contribution < -0.4 is 5.32 Å². The highest BCUT2D eigenvalue weighted by Crippen LogP contribution is 2.22. The summed E-state index contributed by atoms with van der Waals surface area (Å²) in [6.45, 7) is 4.61. The number of benzene rings is 1. The zero-order valence-electron chi connectivity index (χ0n) is 16.2. The van der Waals surface area contributed by atoms with E-state index in [9.17, 15) is 4.79 Å². The van der Waals surface area contributed by atoms with Crippen LogP contribution in [0.25, 0.3) is 5.69 Å². The molecule has 3 aromatic rings. The number of nitrogens with zero attached hydrogens (tertiary/aromatic N) is 3. The van der Waals surface area contributed by atoms with Crippen LogP contribution in [-0.2, 0) is 17.8 Å². The average molecular weight is 378 g/mol. The largest absolute Gasteiger partial charge is 0.465 e. The van der Waals surface area contributed by atoms with Gasteiger partial charge < -0.3 is 9.73 Å². The number of anilines is 1. The van der Waals surface area contributed by atoms with E-state index in [4.69, 9.17) is 4.42 Å². The third-order valence-corrected chi connectivity index (χ3v) is 5.20. The van der Waals surface area contributed by atoms with E-state index in [1.165, 1.54) is 0 Å². The number of aromatic nitrogens is 2. The van der Waals surface area contributed by atoms with Crippen LogP contribution in [0.15, 0.2) is 59.3 Å². The summed E-state index contributed by atoms with van der Waals surface area (Å²) in [6, 6.07) is 13.7. The van der Waals surface area contributed by atoms with Crippen molar-refractivity contribution in [2.24, 2.45) is 5.92 Å². The molecule has 0 bridgehead atoms. The molecule has 1 aliphatic heterocycles. The zero-order chi connectivity index (χ0) is 19.3. The molecule has 6 heteroatoms. The van der Waals surface area contributed by atoms with E-state index in [0.29, 0.717) is 0 Å². The highest BCUT2D eigenvalue weighted by atomic mass is 16.3. The second-order valence-corrected chi connectivity index (χ2v) is 7.29. The molecule has 1 unspecified atom stereocenters. The Morgan fingerprint density at radius 2 is 2.14 bits per heavy atom. The van der Waals surface area contributed by atoms with E-state index in [1.807, 2.05) is 48.7 Å². The lowest BCUT2D eigenvalue weighted by molar-refractivity contribution is -0.121. The molecule has 28 heavy (non-hydrogen) atoms. The Kier molecular flexibility index (Phi) is 5.58. The van der Waals surface area contributed by atoms with Crippen molar-refractivity contribution in [2.75, 3.05) is 18.4 Å². The summed E-state index contributed by atoms with van der Waals surface area (Å²) in [5.74, 6) is 2.06. The van der Waals surface area contributed by atoms with Crippen molar-refractivity contribution in [3.63, 3.8) is 0 Å². The van der Waals surface area contributed by atoms with Crippen LogP contribution in [0.5, 0.6) is 0 Å². The third kappa shape index (κ3) is 4.34. The van der Waals surface area contributed by atoms with Gasteiger partial charge in [0.2, 0.25) is 5.91 Å². The molecule has 2 aromatic heterocycles. The maximum atomic E-state index is 12.8. The Hall–Kier alpha value is -2.86. The second-order valence-electron chi connectivity index (χ2n) is 7.29. The SMILES string of the molecule is CCc1ccc(CN2CCCC(C(=O)Nc3cccc(-n4cccn4)c3)C2)o1. The Morgan fingerprint density at radius 3 is 2.93 bits per heavy atom. The van der Waals surface area contributed by atoms with E-state index < -0.39 is 0 Å². The quantitative estimate of drug-likeness (QED) is 0.707. The van der Waals surface area contributed by atoms with Gasteiger partial charge >= 0.3 is 0 Å². The van der Waals surface area contributed by atoms with Crippen molar-refractivity contribution in [1.29, 1.82) is 0 Å². The second kappa shape index (κ2) is 8.44. The molecule has 6 nitrogen and oxygen atoms in total. The number of hydrogen-bond donors (Lipinski definition) is 1. The van der Waals surface area contributed by atoms with Crippen molar-refractivity contribution in [3.8, 4) is 5.69 Å². The van der Waals surface area contributed by atoms with Crippen molar-refractivity contribution in [2.45, 2.75) is 32.7 Å². The molecule has 1 atom stereocenters. The van der Waals surface area contributed by atoms with Crippen LogP contribution >= 0.6 is 0 Å². The zero-order valence-corrected chi connectivity index (χ0v) is 16.2. The number of hydrogen-bond acceptors (Lipinski definition) is 4. The van der Waals surface area contributed by atoms with E-state index in [-0.39, 0.29) is 11.8 Å². The predicted octanol–water partition coefficient (Wildman–Crippen LogP) is 3.88. The Morgan fingerprint density at radius 1 is 1.25 bits per heavy atom. The normalized spacial score (nSPS) is 17.5. The van der Waals surface area contributed by atoms with Gasteiger partial charge in [-0.05, 0) is 55.8 Å². The van der Waals surface area contributed by atoms with Crippen LogP contribution in [0.3, 0.4) is 0 Å². The van der Waals surface area contributed by atoms with Gasteiger partial charge in [0.25, 0.3) is 0 Å². The maximum absolute atomic E-state index is 12.8. The van der Waals surface area contributed by atoms with Gasteiger partial charge in [0.05, 0.1) is 18.2 Å². The molecule has 0 radical (unpaired) electrons. The minimum Gasteiger partial charge on any atom is -0.465 e. The monoisotopic (exact) mass is 378 g/mol. The van der Waals surface area contributed by atoms with Crippen molar-refractivity contribution in [1.82, 2.24) is 14.7 Å². The summed E-state index contributed by atoms with van der Waals surface area (Å²) < 4.78 is 7.61. The lowest BCUT2D eigenvalue weighted by Gasteiger charge is -2.31. The summed E-state index contributed by atoms with van der Waals surface area (Å²) in [7, 11) is 0. The van der Waals surface area contributed by atoms with Crippen LogP contribution in [0, 0.1) is 5.92 Å². The summed E-state index contributed by atoms with van der Waals surface area (Å²) >= 11 is 0. The van der Waals surface area contributed by atoms with Crippen molar-refractivity contribution in [3.05, 3.63) is 66.4 Å². The third-order valence-electron chi connectivity index (χ3n) is 5.20. The summed E-state index contributed by atoms with van der Waals surface area (Å²) in [6.07, 6.45) is 6.47. The molecule has 0 aliphatic carbocycles. The number of piperidine rings is 1. The van der Waals surface area contributed by atoms with Crippen LogP contribution in [0.2, 0.25) is 0 Å². The first-order valence-corrected chi connectivity index (χ1v) is 9.92. The van der Waals surface area contributed by atoms with Gasteiger partial charge in [-0.1, -0.05) is 13.0 Å². The first-order valence-electron chi connectivity index (χ1n) is 9.92. The fraction of sp³-hybridized carbons (Fsp3) is 0.364. The van der Waals surface area contributed by atoms with E-state index in [0.717, 1.165) is 61.8 Å². The van der Waals surface area contributed by atoms with Crippen LogP contribution in [-0.4, -0.2) is 33.7 Å². The maximum Gasteiger partial charge on any atom is 0.228 e. The molecule has 1 aliphatic rings. The molecule has 146 valence electrons. The molecule has 1 aromatic carbocycles. The fourth-order valence-corrected chi connectivity index (χ4v) is 3.72. The highest BCUT2D eigenvalue weighted by Gasteiger charge is 2.26. The van der Waals surface area contributed by atoms with E-state index >= 15 is 0 Å². The Labute approximate surface area is 165 Å². The molecular formula is C22H26N4O2. The molecule has 1 saturated heterocycles. The molecule has 3 heterocycles. The molecule has 1 amide bonds. The standard InChI is InChI=1S/C22H26N4O2/c1-2-20-9-10-21(28-20)16-25-12-4-6-17(15-25)22(27)24-18-7-3-8-19(14-18)26-13-5-11-23-26/h3,5,7-11,13-14,17H,2,4,6,12,15-16H2,1H3,(H,24,27). The number of furan rings is 1.